The van der Waals surface area contributed by atoms with Crippen LogP contribution in [0, 0.1) is 0 Å². The molecule has 0 saturated carbocycles. The molecule has 0 spiro atoms. The molecular weight excluding hydrogens is 254 g/mol. The third-order valence-electron chi connectivity index (χ3n) is 2.68. The zero-order valence-electron chi connectivity index (χ0n) is 11.9. The van der Waals surface area contributed by atoms with E-state index in [1.54, 1.807) is 13.2 Å². The molecule has 0 unspecified atom stereocenters. The maximum absolute atomic E-state index is 6.08. The smallest absolute Gasteiger partial charge is 0.169 e. The zero-order chi connectivity index (χ0) is 14.5. The van der Waals surface area contributed by atoms with Gasteiger partial charge < -0.3 is 19.9 Å². The molecule has 4 heteroatoms. The SMILES string of the molecule is COc1ccccc1Oc1cccc(OC(C)C)c1N. The van der Waals surface area contributed by atoms with Crippen molar-refractivity contribution in [2.24, 2.45) is 0 Å². The van der Waals surface area contributed by atoms with Crippen LogP contribution >= 0.6 is 0 Å². The lowest BCUT2D eigenvalue weighted by Crippen LogP contribution is -2.07. The summed E-state index contributed by atoms with van der Waals surface area (Å²) in [7, 11) is 1.60. The Kier molecular flexibility index (Phi) is 4.35. The Morgan fingerprint density at radius 3 is 2.10 bits per heavy atom. The number of ether oxygens (including phenoxy) is 3. The lowest BCUT2D eigenvalue weighted by atomic mass is 10.2. The Labute approximate surface area is 119 Å². The van der Waals surface area contributed by atoms with Crippen molar-refractivity contribution in [2.45, 2.75) is 20.0 Å². The van der Waals surface area contributed by atoms with Crippen LogP contribution in [0.1, 0.15) is 13.8 Å². The fraction of sp³-hybridized carbons (Fsp3) is 0.250. The van der Waals surface area contributed by atoms with Crippen molar-refractivity contribution in [1.82, 2.24) is 0 Å². The van der Waals surface area contributed by atoms with Gasteiger partial charge in [-0.3, -0.25) is 0 Å². The quantitative estimate of drug-likeness (QED) is 0.840. The standard InChI is InChI=1S/C16H19NO3/c1-11(2)19-14-9-6-10-15(16(14)17)20-13-8-5-4-7-12(13)18-3/h4-11H,17H2,1-3H3. The third-order valence-corrected chi connectivity index (χ3v) is 2.68. The van der Waals surface area contributed by atoms with Crippen LogP contribution in [0.2, 0.25) is 0 Å². The average Bonchev–Trinajstić information content (AvgIpc) is 2.43. The van der Waals surface area contributed by atoms with Crippen molar-refractivity contribution in [3.05, 3.63) is 42.5 Å². The molecule has 4 nitrogen and oxygen atoms in total. The highest BCUT2D eigenvalue weighted by Gasteiger charge is 2.11. The van der Waals surface area contributed by atoms with Crippen LogP contribution in [-0.2, 0) is 0 Å². The molecule has 20 heavy (non-hydrogen) atoms. The van der Waals surface area contributed by atoms with Crippen molar-refractivity contribution in [1.29, 1.82) is 0 Å². The lowest BCUT2D eigenvalue weighted by Gasteiger charge is -2.16. The summed E-state index contributed by atoms with van der Waals surface area (Å²) in [4.78, 5) is 0. The van der Waals surface area contributed by atoms with Crippen LogP contribution < -0.4 is 19.9 Å². The highest BCUT2D eigenvalue weighted by atomic mass is 16.5. The second-order valence-corrected chi connectivity index (χ2v) is 4.59. The van der Waals surface area contributed by atoms with Crippen molar-refractivity contribution in [2.75, 3.05) is 12.8 Å². The fourth-order valence-corrected chi connectivity index (χ4v) is 1.79. The summed E-state index contributed by atoms with van der Waals surface area (Å²) in [5.41, 5.74) is 6.56. The zero-order valence-corrected chi connectivity index (χ0v) is 11.9. The minimum atomic E-state index is 0.0545. The highest BCUT2D eigenvalue weighted by Crippen LogP contribution is 2.37. The van der Waals surface area contributed by atoms with Crippen molar-refractivity contribution < 1.29 is 14.2 Å². The largest absolute Gasteiger partial charge is 0.493 e. The van der Waals surface area contributed by atoms with Crippen LogP contribution in [0.3, 0.4) is 0 Å². The Hall–Kier alpha value is -2.36. The van der Waals surface area contributed by atoms with E-state index in [-0.39, 0.29) is 6.10 Å². The first-order chi connectivity index (χ1) is 9.61. The molecule has 0 aromatic heterocycles. The minimum Gasteiger partial charge on any atom is -0.493 e. The summed E-state index contributed by atoms with van der Waals surface area (Å²) < 4.78 is 16.7. The Bertz CT molecular complexity index is 582. The number of nitrogen functional groups attached to an aromatic ring is 1. The molecule has 0 bridgehead atoms. The van der Waals surface area contributed by atoms with Gasteiger partial charge in [0.2, 0.25) is 0 Å². The van der Waals surface area contributed by atoms with E-state index in [0.717, 1.165) is 0 Å². The van der Waals surface area contributed by atoms with Crippen LogP contribution in [0.5, 0.6) is 23.0 Å². The van der Waals surface area contributed by atoms with Gasteiger partial charge in [-0.15, -0.1) is 0 Å². The second kappa shape index (κ2) is 6.19. The van der Waals surface area contributed by atoms with Crippen LogP contribution in [0.4, 0.5) is 5.69 Å². The molecule has 0 fully saturated rings. The predicted octanol–water partition coefficient (Wildman–Crippen LogP) is 3.86. The lowest BCUT2D eigenvalue weighted by molar-refractivity contribution is 0.243. The number of benzene rings is 2. The van der Waals surface area contributed by atoms with E-state index >= 15 is 0 Å². The molecule has 0 heterocycles. The topological polar surface area (TPSA) is 53.7 Å². The molecule has 0 atom stereocenters. The molecule has 0 aliphatic rings. The van der Waals surface area contributed by atoms with Gasteiger partial charge in [0.15, 0.2) is 17.2 Å². The van der Waals surface area contributed by atoms with E-state index in [9.17, 15) is 0 Å². The summed E-state index contributed by atoms with van der Waals surface area (Å²) >= 11 is 0. The van der Waals surface area contributed by atoms with Crippen LogP contribution in [-0.4, -0.2) is 13.2 Å². The molecule has 2 N–H and O–H groups in total. The van der Waals surface area contributed by atoms with Gasteiger partial charge in [-0.2, -0.15) is 0 Å². The van der Waals surface area contributed by atoms with Crippen molar-refractivity contribution >= 4 is 5.69 Å². The maximum Gasteiger partial charge on any atom is 0.169 e. The second-order valence-electron chi connectivity index (χ2n) is 4.59. The van der Waals surface area contributed by atoms with E-state index in [0.29, 0.717) is 28.7 Å². The number of anilines is 1. The Morgan fingerprint density at radius 2 is 1.45 bits per heavy atom. The summed E-state index contributed by atoms with van der Waals surface area (Å²) in [5.74, 6) is 2.44. The van der Waals surface area contributed by atoms with Gasteiger partial charge in [-0.1, -0.05) is 18.2 Å². The van der Waals surface area contributed by atoms with E-state index in [1.165, 1.54) is 0 Å². The molecule has 106 valence electrons. The Morgan fingerprint density at radius 1 is 0.850 bits per heavy atom. The van der Waals surface area contributed by atoms with E-state index in [1.807, 2.05) is 50.2 Å². The normalized spacial score (nSPS) is 10.4. The number of para-hydroxylation sites is 3. The summed E-state index contributed by atoms with van der Waals surface area (Å²) in [6.45, 7) is 3.90. The molecule has 0 amide bonds. The number of hydrogen-bond donors (Lipinski definition) is 1. The molecule has 2 aromatic carbocycles. The first-order valence-corrected chi connectivity index (χ1v) is 6.48. The van der Waals surface area contributed by atoms with E-state index in [4.69, 9.17) is 19.9 Å². The molecule has 0 saturated heterocycles. The monoisotopic (exact) mass is 273 g/mol. The van der Waals surface area contributed by atoms with Gasteiger partial charge in [0, 0.05) is 0 Å². The van der Waals surface area contributed by atoms with Crippen molar-refractivity contribution in [3.8, 4) is 23.0 Å². The minimum absolute atomic E-state index is 0.0545. The fourth-order valence-electron chi connectivity index (χ4n) is 1.79. The van der Waals surface area contributed by atoms with Gasteiger partial charge in [0.1, 0.15) is 11.4 Å². The molecular formula is C16H19NO3. The van der Waals surface area contributed by atoms with Crippen molar-refractivity contribution in [3.63, 3.8) is 0 Å². The molecule has 0 aliphatic heterocycles. The molecule has 2 aromatic rings. The van der Waals surface area contributed by atoms with Gasteiger partial charge >= 0.3 is 0 Å². The Balaban J connectivity index is 2.29. The first kappa shape index (κ1) is 14.1. The maximum atomic E-state index is 6.08. The summed E-state index contributed by atoms with van der Waals surface area (Å²) in [6, 6.07) is 12.9. The van der Waals surface area contributed by atoms with Crippen LogP contribution in [0.15, 0.2) is 42.5 Å². The molecule has 0 aliphatic carbocycles. The van der Waals surface area contributed by atoms with Gasteiger partial charge in [-0.05, 0) is 38.1 Å². The van der Waals surface area contributed by atoms with E-state index in [2.05, 4.69) is 0 Å². The van der Waals surface area contributed by atoms with Gasteiger partial charge in [-0.25, -0.2) is 0 Å². The first-order valence-electron chi connectivity index (χ1n) is 6.48. The van der Waals surface area contributed by atoms with Gasteiger partial charge in [0.25, 0.3) is 0 Å². The number of methoxy groups -OCH3 is 1. The van der Waals surface area contributed by atoms with Crippen LogP contribution in [0.25, 0.3) is 0 Å². The predicted molar refractivity (Wildman–Crippen MR) is 79.7 cm³/mol. The number of nitrogens with two attached hydrogens (primary N) is 1. The van der Waals surface area contributed by atoms with Gasteiger partial charge in [0.05, 0.1) is 13.2 Å². The summed E-state index contributed by atoms with van der Waals surface area (Å²) in [5, 5.41) is 0. The summed E-state index contributed by atoms with van der Waals surface area (Å²) in [6.07, 6.45) is 0.0545. The molecule has 2 rings (SSSR count). The van der Waals surface area contributed by atoms with E-state index < -0.39 is 0 Å². The average molecular weight is 273 g/mol. The highest BCUT2D eigenvalue weighted by molar-refractivity contribution is 5.64. The number of rotatable bonds is 5. The number of hydrogen-bond acceptors (Lipinski definition) is 4. The third kappa shape index (κ3) is 3.15. The molecule has 0 radical (unpaired) electrons.